The second-order valence-corrected chi connectivity index (χ2v) is 3.84. The zero-order valence-electron chi connectivity index (χ0n) is 9.59. The molecule has 7 heteroatoms. The Morgan fingerprint density at radius 3 is 2.47 bits per heavy atom. The van der Waals surface area contributed by atoms with Crippen LogP contribution in [-0.2, 0) is 6.54 Å². The molecule has 2 N–H and O–H groups in total. The van der Waals surface area contributed by atoms with E-state index in [0.717, 1.165) is 0 Å². The minimum absolute atomic E-state index is 0.0873. The van der Waals surface area contributed by atoms with Gasteiger partial charge in [0, 0.05) is 6.20 Å². The first-order valence-corrected chi connectivity index (χ1v) is 5.29. The number of aromatic nitrogens is 2. The number of aromatic carboxylic acids is 1. The van der Waals surface area contributed by atoms with E-state index in [-0.39, 0.29) is 12.1 Å². The summed E-state index contributed by atoms with van der Waals surface area (Å²) in [5, 5.41) is 8.73. The number of benzene rings is 1. The van der Waals surface area contributed by atoms with Gasteiger partial charge in [-0.05, 0) is 17.7 Å². The molecule has 0 saturated carbocycles. The number of rotatable bonds is 3. The van der Waals surface area contributed by atoms with Gasteiger partial charge in [-0.1, -0.05) is 12.1 Å². The van der Waals surface area contributed by atoms with Crippen molar-refractivity contribution in [2.45, 2.75) is 6.54 Å². The van der Waals surface area contributed by atoms with Crippen LogP contribution < -0.4 is 11.2 Å². The number of carboxylic acids is 1. The van der Waals surface area contributed by atoms with E-state index >= 15 is 0 Å². The maximum atomic E-state index is 13.1. The molecule has 0 unspecified atom stereocenters. The number of nitrogens with zero attached hydrogens (tertiary/aromatic N) is 1. The summed E-state index contributed by atoms with van der Waals surface area (Å²) in [5.41, 5.74) is -1.15. The lowest BCUT2D eigenvalue weighted by Crippen LogP contribution is -2.36. The number of carbonyl (C=O) groups is 1. The van der Waals surface area contributed by atoms with E-state index in [1.54, 1.807) is 0 Å². The Bertz CT molecular complexity index is 731. The lowest BCUT2D eigenvalue weighted by molar-refractivity contribution is 0.0697. The van der Waals surface area contributed by atoms with Gasteiger partial charge in [-0.2, -0.15) is 4.39 Å². The molecule has 1 heterocycles. The average molecular weight is 264 g/mol. The Morgan fingerprint density at radius 1 is 1.26 bits per heavy atom. The van der Waals surface area contributed by atoms with Crippen molar-refractivity contribution in [1.82, 2.24) is 9.55 Å². The van der Waals surface area contributed by atoms with Gasteiger partial charge in [0.15, 0.2) is 0 Å². The molecule has 2 aromatic rings. The van der Waals surface area contributed by atoms with E-state index in [1.165, 1.54) is 24.3 Å². The van der Waals surface area contributed by atoms with E-state index in [0.29, 0.717) is 16.3 Å². The number of H-pyrrole nitrogens is 1. The number of halogens is 1. The fraction of sp³-hybridized carbons (Fsp3) is 0.0833. The molecule has 1 aromatic heterocycles. The first kappa shape index (κ1) is 12.7. The molecule has 1 aromatic carbocycles. The third kappa shape index (κ3) is 2.59. The molecule has 0 saturated heterocycles. The minimum Gasteiger partial charge on any atom is -0.478 e. The highest BCUT2D eigenvalue weighted by Crippen LogP contribution is 2.05. The Kier molecular flexibility index (Phi) is 3.28. The van der Waals surface area contributed by atoms with Crippen LogP contribution in [0.15, 0.2) is 40.1 Å². The summed E-state index contributed by atoms with van der Waals surface area (Å²) < 4.78 is 13.8. The van der Waals surface area contributed by atoms with Gasteiger partial charge >= 0.3 is 11.7 Å². The molecule has 0 bridgehead atoms. The van der Waals surface area contributed by atoms with Crippen molar-refractivity contribution < 1.29 is 14.3 Å². The van der Waals surface area contributed by atoms with Crippen LogP contribution in [0.1, 0.15) is 15.9 Å². The van der Waals surface area contributed by atoms with Crippen LogP contribution >= 0.6 is 0 Å². The second-order valence-electron chi connectivity index (χ2n) is 3.84. The number of nitrogens with one attached hydrogen (secondary N) is 1. The molecule has 0 radical (unpaired) electrons. The van der Waals surface area contributed by atoms with Crippen LogP contribution in [0.5, 0.6) is 0 Å². The summed E-state index contributed by atoms with van der Waals surface area (Å²) in [7, 11) is 0. The number of aromatic amines is 1. The Hall–Kier alpha value is -2.70. The van der Waals surface area contributed by atoms with Crippen LogP contribution in [-0.4, -0.2) is 20.6 Å². The molecule has 6 nitrogen and oxygen atoms in total. The molecule has 2 rings (SSSR count). The molecule has 19 heavy (non-hydrogen) atoms. The third-order valence-corrected chi connectivity index (χ3v) is 2.56. The SMILES string of the molecule is O=C(O)c1ccc(Cn2c(=O)[nH]cc(F)c2=O)cc1. The summed E-state index contributed by atoms with van der Waals surface area (Å²) >= 11 is 0. The topological polar surface area (TPSA) is 92.2 Å². The first-order chi connectivity index (χ1) is 8.99. The van der Waals surface area contributed by atoms with E-state index in [2.05, 4.69) is 4.98 Å². The van der Waals surface area contributed by atoms with Crippen molar-refractivity contribution in [3.8, 4) is 0 Å². The van der Waals surface area contributed by atoms with Crippen LogP contribution in [0.3, 0.4) is 0 Å². The quantitative estimate of drug-likeness (QED) is 0.840. The normalized spacial score (nSPS) is 10.4. The van der Waals surface area contributed by atoms with Crippen LogP contribution in [0, 0.1) is 5.82 Å². The van der Waals surface area contributed by atoms with E-state index < -0.39 is 23.0 Å². The maximum Gasteiger partial charge on any atom is 0.335 e. The van der Waals surface area contributed by atoms with Gasteiger partial charge in [-0.15, -0.1) is 0 Å². The van der Waals surface area contributed by atoms with Crippen LogP contribution in [0.25, 0.3) is 0 Å². The lowest BCUT2D eigenvalue weighted by Gasteiger charge is -2.04. The Labute approximate surface area is 105 Å². The van der Waals surface area contributed by atoms with Crippen molar-refractivity contribution in [1.29, 1.82) is 0 Å². The zero-order valence-corrected chi connectivity index (χ0v) is 9.59. The monoisotopic (exact) mass is 264 g/mol. The Balaban J connectivity index is 2.37. The van der Waals surface area contributed by atoms with Crippen molar-refractivity contribution in [2.24, 2.45) is 0 Å². The number of hydrogen-bond donors (Lipinski definition) is 2. The summed E-state index contributed by atoms with van der Waals surface area (Å²) in [4.78, 5) is 35.6. The highest BCUT2D eigenvalue weighted by molar-refractivity contribution is 5.87. The van der Waals surface area contributed by atoms with Gasteiger partial charge in [-0.25, -0.2) is 9.59 Å². The fourth-order valence-corrected chi connectivity index (χ4v) is 1.56. The zero-order chi connectivity index (χ0) is 14.0. The molecule has 0 atom stereocenters. The molecular formula is C12H9FN2O4. The van der Waals surface area contributed by atoms with Gasteiger partial charge < -0.3 is 10.1 Å². The van der Waals surface area contributed by atoms with Gasteiger partial charge in [-0.3, -0.25) is 9.36 Å². The van der Waals surface area contributed by atoms with Gasteiger partial charge in [0.05, 0.1) is 12.1 Å². The predicted octanol–water partition coefficient (Wildman–Crippen LogP) is 0.422. The molecule has 98 valence electrons. The van der Waals surface area contributed by atoms with Crippen molar-refractivity contribution in [3.05, 3.63) is 68.2 Å². The highest BCUT2D eigenvalue weighted by atomic mass is 19.1. The molecule has 0 aliphatic carbocycles. The summed E-state index contributed by atoms with van der Waals surface area (Å²) in [6.45, 7) is -0.133. The fourth-order valence-electron chi connectivity index (χ4n) is 1.56. The molecular weight excluding hydrogens is 255 g/mol. The molecule has 0 fully saturated rings. The first-order valence-electron chi connectivity index (χ1n) is 5.29. The molecule has 0 aliphatic rings. The van der Waals surface area contributed by atoms with Crippen molar-refractivity contribution in [3.63, 3.8) is 0 Å². The standard InChI is InChI=1S/C12H9FN2O4/c13-9-5-14-12(19)15(10(9)16)6-7-1-3-8(4-2-7)11(17)18/h1-5H,6H2,(H,14,19)(H,17,18). The van der Waals surface area contributed by atoms with Gasteiger partial charge in [0.25, 0.3) is 5.56 Å². The average Bonchev–Trinajstić information content (AvgIpc) is 2.40. The lowest BCUT2D eigenvalue weighted by atomic mass is 10.1. The summed E-state index contributed by atoms with van der Waals surface area (Å²) in [6, 6.07) is 5.60. The van der Waals surface area contributed by atoms with Crippen molar-refractivity contribution >= 4 is 5.97 Å². The molecule has 0 spiro atoms. The second kappa shape index (κ2) is 4.89. The number of hydrogen-bond acceptors (Lipinski definition) is 3. The van der Waals surface area contributed by atoms with Gasteiger partial charge in [0.1, 0.15) is 0 Å². The molecule has 0 aliphatic heterocycles. The summed E-state index contributed by atoms with van der Waals surface area (Å²) in [6.07, 6.45) is 0.703. The summed E-state index contributed by atoms with van der Waals surface area (Å²) in [5.74, 6) is -2.13. The van der Waals surface area contributed by atoms with E-state index in [1.807, 2.05) is 0 Å². The van der Waals surface area contributed by atoms with E-state index in [9.17, 15) is 18.8 Å². The number of carboxylic acid groups (broad SMARTS) is 1. The Morgan fingerprint density at radius 2 is 1.89 bits per heavy atom. The molecule has 0 amide bonds. The van der Waals surface area contributed by atoms with Crippen LogP contribution in [0.4, 0.5) is 4.39 Å². The highest BCUT2D eigenvalue weighted by Gasteiger charge is 2.08. The largest absolute Gasteiger partial charge is 0.478 e. The minimum atomic E-state index is -1.08. The van der Waals surface area contributed by atoms with Crippen LogP contribution in [0.2, 0.25) is 0 Å². The smallest absolute Gasteiger partial charge is 0.335 e. The maximum absolute atomic E-state index is 13.1. The third-order valence-electron chi connectivity index (χ3n) is 2.56. The van der Waals surface area contributed by atoms with Gasteiger partial charge in [0.2, 0.25) is 5.82 Å². The van der Waals surface area contributed by atoms with E-state index in [4.69, 9.17) is 5.11 Å². The predicted molar refractivity (Wildman–Crippen MR) is 63.8 cm³/mol. The van der Waals surface area contributed by atoms with Crippen molar-refractivity contribution in [2.75, 3.05) is 0 Å².